The summed E-state index contributed by atoms with van der Waals surface area (Å²) in [6, 6.07) is 14.7. The fourth-order valence-corrected chi connectivity index (χ4v) is 2.64. The van der Waals surface area contributed by atoms with Gasteiger partial charge in [-0.2, -0.15) is 0 Å². The number of hydrogen-bond acceptors (Lipinski definition) is 2. The normalized spacial score (nSPS) is 12.0. The van der Waals surface area contributed by atoms with Crippen molar-refractivity contribution in [2.75, 3.05) is 14.2 Å². The molecule has 2 heteroatoms. The molecule has 0 amide bonds. The van der Waals surface area contributed by atoms with Crippen molar-refractivity contribution in [1.82, 2.24) is 0 Å². The molecule has 1 unspecified atom stereocenters. The molecule has 0 fully saturated rings. The topological polar surface area (TPSA) is 18.5 Å². The Bertz CT molecular complexity index is 558. The standard InChI is InChI=1S/C18H22O2/c1-5-17(14-6-8-15(19-3)9-7-14)18-11-10-16(20-4)12-13(18)2/h6-12,17H,5H2,1-4H3. The summed E-state index contributed by atoms with van der Waals surface area (Å²) in [6.45, 7) is 4.36. The minimum atomic E-state index is 0.409. The number of ether oxygens (including phenoxy) is 2. The Hall–Kier alpha value is -1.96. The van der Waals surface area contributed by atoms with Crippen LogP contribution in [0.5, 0.6) is 11.5 Å². The monoisotopic (exact) mass is 270 g/mol. The van der Waals surface area contributed by atoms with E-state index in [0.717, 1.165) is 17.9 Å². The van der Waals surface area contributed by atoms with Gasteiger partial charge in [-0.3, -0.25) is 0 Å². The number of hydrogen-bond donors (Lipinski definition) is 0. The smallest absolute Gasteiger partial charge is 0.119 e. The van der Waals surface area contributed by atoms with E-state index in [2.05, 4.69) is 38.1 Å². The molecule has 0 aliphatic carbocycles. The van der Waals surface area contributed by atoms with Crippen LogP contribution in [0.3, 0.4) is 0 Å². The minimum Gasteiger partial charge on any atom is -0.497 e. The molecular weight excluding hydrogens is 248 g/mol. The van der Waals surface area contributed by atoms with Gasteiger partial charge in [0.2, 0.25) is 0 Å². The molecule has 106 valence electrons. The van der Waals surface area contributed by atoms with Crippen LogP contribution in [-0.2, 0) is 0 Å². The molecule has 1 atom stereocenters. The quantitative estimate of drug-likeness (QED) is 0.793. The van der Waals surface area contributed by atoms with E-state index in [4.69, 9.17) is 9.47 Å². The number of benzene rings is 2. The highest BCUT2D eigenvalue weighted by atomic mass is 16.5. The van der Waals surface area contributed by atoms with Gasteiger partial charge < -0.3 is 9.47 Å². The van der Waals surface area contributed by atoms with Gasteiger partial charge in [0.15, 0.2) is 0 Å². The predicted molar refractivity (Wildman–Crippen MR) is 82.9 cm³/mol. The predicted octanol–water partition coefficient (Wildman–Crippen LogP) is 4.55. The minimum absolute atomic E-state index is 0.409. The second-order valence-electron chi connectivity index (χ2n) is 4.96. The van der Waals surface area contributed by atoms with Crippen molar-refractivity contribution < 1.29 is 9.47 Å². The average molecular weight is 270 g/mol. The highest BCUT2D eigenvalue weighted by molar-refractivity contribution is 5.42. The maximum atomic E-state index is 5.28. The first-order valence-corrected chi connectivity index (χ1v) is 6.98. The summed E-state index contributed by atoms with van der Waals surface area (Å²) in [5.74, 6) is 2.22. The summed E-state index contributed by atoms with van der Waals surface area (Å²) in [5.41, 5.74) is 3.95. The molecule has 0 radical (unpaired) electrons. The summed E-state index contributed by atoms with van der Waals surface area (Å²) >= 11 is 0. The van der Waals surface area contributed by atoms with Crippen LogP contribution in [0.15, 0.2) is 42.5 Å². The van der Waals surface area contributed by atoms with E-state index in [0.29, 0.717) is 5.92 Å². The van der Waals surface area contributed by atoms with E-state index >= 15 is 0 Å². The van der Waals surface area contributed by atoms with E-state index in [1.54, 1.807) is 14.2 Å². The molecule has 0 spiro atoms. The van der Waals surface area contributed by atoms with Gasteiger partial charge in [-0.1, -0.05) is 25.1 Å². The lowest BCUT2D eigenvalue weighted by Gasteiger charge is -2.19. The largest absolute Gasteiger partial charge is 0.497 e. The summed E-state index contributed by atoms with van der Waals surface area (Å²) in [5, 5.41) is 0. The van der Waals surface area contributed by atoms with Gasteiger partial charge >= 0.3 is 0 Å². The summed E-state index contributed by atoms with van der Waals surface area (Å²) in [7, 11) is 3.40. The van der Waals surface area contributed by atoms with Crippen molar-refractivity contribution in [1.29, 1.82) is 0 Å². The Kier molecular flexibility index (Phi) is 4.67. The van der Waals surface area contributed by atoms with Crippen LogP contribution in [0, 0.1) is 6.92 Å². The van der Waals surface area contributed by atoms with Gasteiger partial charge in [-0.05, 0) is 54.3 Å². The van der Waals surface area contributed by atoms with Crippen molar-refractivity contribution in [3.8, 4) is 11.5 Å². The molecule has 2 rings (SSSR count). The summed E-state index contributed by atoms with van der Waals surface area (Å²) in [4.78, 5) is 0. The van der Waals surface area contributed by atoms with Crippen LogP contribution in [0.2, 0.25) is 0 Å². The zero-order chi connectivity index (χ0) is 14.5. The van der Waals surface area contributed by atoms with E-state index in [1.807, 2.05) is 18.2 Å². The third-order valence-electron chi connectivity index (χ3n) is 3.78. The highest BCUT2D eigenvalue weighted by Gasteiger charge is 2.14. The van der Waals surface area contributed by atoms with Crippen LogP contribution >= 0.6 is 0 Å². The number of rotatable bonds is 5. The molecule has 0 saturated carbocycles. The Morgan fingerprint density at radius 2 is 1.50 bits per heavy atom. The molecule has 2 aromatic carbocycles. The first-order valence-electron chi connectivity index (χ1n) is 6.98. The Labute approximate surface area is 121 Å². The molecule has 2 nitrogen and oxygen atoms in total. The lowest BCUT2D eigenvalue weighted by atomic mass is 9.86. The second kappa shape index (κ2) is 6.47. The Morgan fingerprint density at radius 1 is 0.900 bits per heavy atom. The van der Waals surface area contributed by atoms with Gasteiger partial charge in [0.1, 0.15) is 11.5 Å². The third-order valence-corrected chi connectivity index (χ3v) is 3.78. The number of aryl methyl sites for hydroxylation is 1. The average Bonchev–Trinajstić information content (AvgIpc) is 2.50. The molecule has 0 saturated heterocycles. The van der Waals surface area contributed by atoms with Gasteiger partial charge in [-0.25, -0.2) is 0 Å². The maximum Gasteiger partial charge on any atom is 0.119 e. The zero-order valence-corrected chi connectivity index (χ0v) is 12.6. The number of methoxy groups -OCH3 is 2. The fraction of sp³-hybridized carbons (Fsp3) is 0.333. The van der Waals surface area contributed by atoms with Crippen molar-refractivity contribution in [2.45, 2.75) is 26.2 Å². The van der Waals surface area contributed by atoms with Gasteiger partial charge in [0.05, 0.1) is 14.2 Å². The van der Waals surface area contributed by atoms with Gasteiger partial charge in [-0.15, -0.1) is 0 Å². The molecular formula is C18H22O2. The SMILES string of the molecule is CCC(c1ccc(OC)cc1)c1ccc(OC)cc1C. The van der Waals surface area contributed by atoms with E-state index in [1.165, 1.54) is 16.7 Å². The molecule has 20 heavy (non-hydrogen) atoms. The fourth-order valence-electron chi connectivity index (χ4n) is 2.64. The summed E-state index contributed by atoms with van der Waals surface area (Å²) in [6.07, 6.45) is 1.07. The van der Waals surface area contributed by atoms with Crippen LogP contribution in [0.1, 0.15) is 36.0 Å². The molecule has 0 aliphatic rings. The van der Waals surface area contributed by atoms with Crippen LogP contribution in [0.25, 0.3) is 0 Å². The van der Waals surface area contributed by atoms with E-state index < -0.39 is 0 Å². The molecule has 0 aliphatic heterocycles. The third kappa shape index (κ3) is 2.96. The van der Waals surface area contributed by atoms with Crippen molar-refractivity contribution in [3.63, 3.8) is 0 Å². The van der Waals surface area contributed by atoms with Crippen LogP contribution < -0.4 is 9.47 Å². The highest BCUT2D eigenvalue weighted by Crippen LogP contribution is 2.32. The van der Waals surface area contributed by atoms with Crippen molar-refractivity contribution in [3.05, 3.63) is 59.2 Å². The zero-order valence-electron chi connectivity index (χ0n) is 12.6. The first-order chi connectivity index (χ1) is 9.69. The molecule has 0 aromatic heterocycles. The van der Waals surface area contributed by atoms with Crippen molar-refractivity contribution >= 4 is 0 Å². The molecule has 2 aromatic rings. The van der Waals surface area contributed by atoms with Gasteiger partial charge in [0.25, 0.3) is 0 Å². The first kappa shape index (κ1) is 14.4. The van der Waals surface area contributed by atoms with Crippen molar-refractivity contribution in [2.24, 2.45) is 0 Å². The van der Waals surface area contributed by atoms with Crippen LogP contribution in [0.4, 0.5) is 0 Å². The molecule has 0 heterocycles. The van der Waals surface area contributed by atoms with Crippen LogP contribution in [-0.4, -0.2) is 14.2 Å². The lowest BCUT2D eigenvalue weighted by Crippen LogP contribution is -2.02. The van der Waals surface area contributed by atoms with E-state index in [9.17, 15) is 0 Å². The lowest BCUT2D eigenvalue weighted by molar-refractivity contribution is 0.414. The maximum absolute atomic E-state index is 5.28. The Balaban J connectivity index is 2.35. The van der Waals surface area contributed by atoms with Gasteiger partial charge in [0, 0.05) is 5.92 Å². The Morgan fingerprint density at radius 3 is 2.00 bits per heavy atom. The summed E-state index contributed by atoms with van der Waals surface area (Å²) < 4.78 is 10.5. The van der Waals surface area contributed by atoms with E-state index in [-0.39, 0.29) is 0 Å². The molecule has 0 bridgehead atoms. The second-order valence-corrected chi connectivity index (χ2v) is 4.96. The molecule has 0 N–H and O–H groups in total.